The van der Waals surface area contributed by atoms with E-state index in [1.165, 1.54) is 18.2 Å². The van der Waals surface area contributed by atoms with Gasteiger partial charge < -0.3 is 15.3 Å². The molecule has 68 valence electrons. The van der Waals surface area contributed by atoms with Gasteiger partial charge in [-0.25, -0.2) is 0 Å². The number of hydrogen-bond donors (Lipinski definition) is 3. The summed E-state index contributed by atoms with van der Waals surface area (Å²) in [5.74, 6) is 5.08. The minimum Gasteiger partial charge on any atom is -0.507 e. The molecule has 0 radical (unpaired) electrons. The molecular formula is C10H10O3. The van der Waals surface area contributed by atoms with E-state index in [0.717, 1.165) is 0 Å². The maximum Gasteiger partial charge on any atom is 0.134 e. The van der Waals surface area contributed by atoms with Crippen LogP contribution in [-0.4, -0.2) is 21.9 Å². The lowest BCUT2D eigenvalue weighted by molar-refractivity contribution is 0.305. The Morgan fingerprint density at radius 3 is 2.31 bits per heavy atom. The zero-order chi connectivity index (χ0) is 9.68. The molecule has 0 heterocycles. The Bertz CT molecular complexity index is 327. The molecule has 0 aliphatic carbocycles. The maximum atomic E-state index is 9.27. The van der Waals surface area contributed by atoms with Gasteiger partial charge in [0.1, 0.15) is 17.1 Å². The molecule has 0 saturated carbocycles. The highest BCUT2D eigenvalue weighted by molar-refractivity contribution is 5.53. The van der Waals surface area contributed by atoms with Crippen LogP contribution < -0.4 is 0 Å². The van der Waals surface area contributed by atoms with Crippen LogP contribution in [0.5, 0.6) is 11.5 Å². The predicted octanol–water partition coefficient (Wildman–Crippen LogP) is 0.832. The number of phenolic OH excluding ortho intramolecular Hbond substituents is 2. The fraction of sp³-hybridized carbons (Fsp3) is 0.200. The predicted molar refractivity (Wildman–Crippen MR) is 48.4 cm³/mol. The van der Waals surface area contributed by atoms with Crippen molar-refractivity contribution in [3.63, 3.8) is 0 Å². The van der Waals surface area contributed by atoms with Gasteiger partial charge in [-0.15, -0.1) is 0 Å². The summed E-state index contributed by atoms with van der Waals surface area (Å²) in [7, 11) is 0. The van der Waals surface area contributed by atoms with Crippen LogP contribution in [-0.2, 0) is 0 Å². The normalized spacial score (nSPS) is 9.00. The van der Waals surface area contributed by atoms with E-state index in [2.05, 4.69) is 11.8 Å². The topological polar surface area (TPSA) is 60.7 Å². The minimum absolute atomic E-state index is 0.0264. The highest BCUT2D eigenvalue weighted by Crippen LogP contribution is 2.24. The molecule has 0 aliphatic rings. The van der Waals surface area contributed by atoms with Crippen molar-refractivity contribution in [1.29, 1.82) is 0 Å². The number of aromatic hydroxyl groups is 2. The zero-order valence-electron chi connectivity index (χ0n) is 6.99. The fourth-order valence-corrected chi connectivity index (χ4v) is 0.863. The summed E-state index contributed by atoms with van der Waals surface area (Å²) in [6.07, 6.45) is 0.327. The van der Waals surface area contributed by atoms with Crippen LogP contribution in [0.15, 0.2) is 18.2 Å². The van der Waals surface area contributed by atoms with Gasteiger partial charge in [0.15, 0.2) is 0 Å². The molecule has 0 fully saturated rings. The van der Waals surface area contributed by atoms with Gasteiger partial charge in [-0.3, -0.25) is 0 Å². The van der Waals surface area contributed by atoms with Gasteiger partial charge in [-0.05, 0) is 12.1 Å². The lowest BCUT2D eigenvalue weighted by Crippen LogP contribution is -1.80. The molecule has 0 spiro atoms. The second kappa shape index (κ2) is 4.39. The summed E-state index contributed by atoms with van der Waals surface area (Å²) in [6, 6.07) is 4.42. The lowest BCUT2D eigenvalue weighted by atomic mass is 10.2. The molecule has 0 aromatic heterocycles. The largest absolute Gasteiger partial charge is 0.507 e. The van der Waals surface area contributed by atoms with Crippen molar-refractivity contribution < 1.29 is 15.3 Å². The molecule has 0 bridgehead atoms. The Morgan fingerprint density at radius 2 is 1.77 bits per heavy atom. The Morgan fingerprint density at radius 1 is 1.15 bits per heavy atom. The summed E-state index contributed by atoms with van der Waals surface area (Å²) in [6.45, 7) is -0.0264. The van der Waals surface area contributed by atoms with E-state index in [9.17, 15) is 10.2 Å². The summed E-state index contributed by atoms with van der Waals surface area (Å²) >= 11 is 0. The number of aliphatic hydroxyl groups is 1. The third-order valence-electron chi connectivity index (χ3n) is 1.47. The molecule has 3 heteroatoms. The first kappa shape index (κ1) is 9.43. The Labute approximate surface area is 76.3 Å². The van der Waals surface area contributed by atoms with E-state index < -0.39 is 0 Å². The van der Waals surface area contributed by atoms with Crippen LogP contribution in [0.2, 0.25) is 0 Å². The van der Waals surface area contributed by atoms with Crippen LogP contribution in [0.1, 0.15) is 12.0 Å². The highest BCUT2D eigenvalue weighted by Gasteiger charge is 2.01. The summed E-state index contributed by atoms with van der Waals surface area (Å²) in [5.41, 5.74) is 0.205. The monoisotopic (exact) mass is 178 g/mol. The van der Waals surface area contributed by atoms with Crippen molar-refractivity contribution in [2.75, 3.05) is 6.61 Å². The van der Waals surface area contributed by atoms with Crippen LogP contribution >= 0.6 is 0 Å². The first-order valence-corrected chi connectivity index (χ1v) is 3.86. The summed E-state index contributed by atoms with van der Waals surface area (Å²) in [5, 5.41) is 27.0. The van der Waals surface area contributed by atoms with E-state index in [1.807, 2.05) is 0 Å². The molecule has 0 atom stereocenters. The Hall–Kier alpha value is -1.66. The average Bonchev–Trinajstić information content (AvgIpc) is 2.10. The van der Waals surface area contributed by atoms with E-state index in [-0.39, 0.29) is 23.7 Å². The molecule has 13 heavy (non-hydrogen) atoms. The van der Waals surface area contributed by atoms with Crippen LogP contribution in [0.25, 0.3) is 0 Å². The number of hydrogen-bond acceptors (Lipinski definition) is 3. The van der Waals surface area contributed by atoms with Crippen LogP contribution in [0.3, 0.4) is 0 Å². The number of aliphatic hydroxyl groups excluding tert-OH is 1. The standard InChI is InChI=1S/C10H10O3/c11-7-2-1-4-8-9(12)5-3-6-10(8)13/h3,5-6,11-13H,2,7H2. The summed E-state index contributed by atoms with van der Waals surface area (Å²) < 4.78 is 0. The molecule has 1 aromatic rings. The molecule has 0 aliphatic heterocycles. The fourth-order valence-electron chi connectivity index (χ4n) is 0.863. The molecule has 0 saturated heterocycles. The Balaban J connectivity index is 2.95. The SMILES string of the molecule is OCCC#Cc1c(O)cccc1O. The second-order valence-electron chi connectivity index (χ2n) is 2.45. The van der Waals surface area contributed by atoms with Gasteiger partial charge in [-0.1, -0.05) is 17.9 Å². The minimum atomic E-state index is -0.0505. The van der Waals surface area contributed by atoms with Crippen molar-refractivity contribution in [2.24, 2.45) is 0 Å². The molecule has 3 nitrogen and oxygen atoms in total. The van der Waals surface area contributed by atoms with E-state index in [0.29, 0.717) is 6.42 Å². The molecule has 0 amide bonds. The van der Waals surface area contributed by atoms with Crippen LogP contribution in [0.4, 0.5) is 0 Å². The first-order valence-electron chi connectivity index (χ1n) is 3.86. The molecule has 0 unspecified atom stereocenters. The van der Waals surface area contributed by atoms with Gasteiger partial charge in [0.25, 0.3) is 0 Å². The Kier molecular flexibility index (Phi) is 3.18. The van der Waals surface area contributed by atoms with Gasteiger partial charge in [0, 0.05) is 6.42 Å². The van der Waals surface area contributed by atoms with Gasteiger partial charge in [0.05, 0.1) is 6.61 Å². The smallest absolute Gasteiger partial charge is 0.134 e. The van der Waals surface area contributed by atoms with Crippen molar-refractivity contribution in [1.82, 2.24) is 0 Å². The molecule has 1 aromatic carbocycles. The van der Waals surface area contributed by atoms with Gasteiger partial charge in [-0.2, -0.15) is 0 Å². The number of phenols is 2. The quantitative estimate of drug-likeness (QED) is 0.558. The maximum absolute atomic E-state index is 9.27. The second-order valence-corrected chi connectivity index (χ2v) is 2.45. The van der Waals surface area contributed by atoms with Crippen molar-refractivity contribution in [3.05, 3.63) is 23.8 Å². The number of rotatable bonds is 1. The van der Waals surface area contributed by atoms with E-state index >= 15 is 0 Å². The number of benzene rings is 1. The van der Waals surface area contributed by atoms with Crippen molar-refractivity contribution >= 4 is 0 Å². The average molecular weight is 178 g/mol. The highest BCUT2D eigenvalue weighted by atomic mass is 16.3. The van der Waals surface area contributed by atoms with Gasteiger partial charge in [0.2, 0.25) is 0 Å². The zero-order valence-corrected chi connectivity index (χ0v) is 6.99. The summed E-state index contributed by atoms with van der Waals surface area (Å²) in [4.78, 5) is 0. The first-order chi connectivity index (χ1) is 6.25. The molecule has 1 rings (SSSR count). The van der Waals surface area contributed by atoms with E-state index in [4.69, 9.17) is 5.11 Å². The van der Waals surface area contributed by atoms with Crippen LogP contribution in [0, 0.1) is 11.8 Å². The molecular weight excluding hydrogens is 168 g/mol. The van der Waals surface area contributed by atoms with Crippen molar-refractivity contribution in [3.8, 4) is 23.3 Å². The third kappa shape index (κ3) is 2.39. The molecule has 3 N–H and O–H groups in total. The third-order valence-corrected chi connectivity index (χ3v) is 1.47. The lowest BCUT2D eigenvalue weighted by Gasteiger charge is -1.98. The van der Waals surface area contributed by atoms with Crippen molar-refractivity contribution in [2.45, 2.75) is 6.42 Å². The van der Waals surface area contributed by atoms with E-state index in [1.54, 1.807) is 0 Å². The van der Waals surface area contributed by atoms with Gasteiger partial charge >= 0.3 is 0 Å².